The Labute approximate surface area is 175 Å². The Morgan fingerprint density at radius 3 is 2.39 bits per heavy atom. The number of carbonyl (C=O) groups is 2. The van der Waals surface area contributed by atoms with Crippen molar-refractivity contribution in [3.63, 3.8) is 0 Å². The predicted octanol–water partition coefficient (Wildman–Crippen LogP) is 2.86. The fourth-order valence-corrected chi connectivity index (χ4v) is 2.97. The highest BCUT2D eigenvalue weighted by Crippen LogP contribution is 2.31. The van der Waals surface area contributed by atoms with Crippen molar-refractivity contribution < 1.29 is 32.2 Å². The Morgan fingerprint density at radius 2 is 1.74 bits per heavy atom. The SMILES string of the molecule is COc1ccc(CNC(=O)C(=O)Nc2ccc3c(c2)nc(C(F)(F)F)n3C)cc1OC. The summed E-state index contributed by atoms with van der Waals surface area (Å²) in [5.41, 5.74) is 1.10. The fourth-order valence-electron chi connectivity index (χ4n) is 2.97. The van der Waals surface area contributed by atoms with Crippen LogP contribution in [0.25, 0.3) is 11.0 Å². The molecule has 0 aliphatic carbocycles. The van der Waals surface area contributed by atoms with Gasteiger partial charge in [-0.3, -0.25) is 9.59 Å². The largest absolute Gasteiger partial charge is 0.493 e. The van der Waals surface area contributed by atoms with Crippen LogP contribution in [0, 0.1) is 0 Å². The van der Waals surface area contributed by atoms with E-state index in [4.69, 9.17) is 9.47 Å². The maximum absolute atomic E-state index is 13.0. The Bertz CT molecular complexity index is 1140. The van der Waals surface area contributed by atoms with Gasteiger partial charge in [-0.2, -0.15) is 13.2 Å². The van der Waals surface area contributed by atoms with Gasteiger partial charge in [0.1, 0.15) is 0 Å². The zero-order chi connectivity index (χ0) is 22.8. The molecule has 31 heavy (non-hydrogen) atoms. The van der Waals surface area contributed by atoms with Gasteiger partial charge in [-0.15, -0.1) is 0 Å². The van der Waals surface area contributed by atoms with Crippen LogP contribution in [0.1, 0.15) is 11.4 Å². The minimum Gasteiger partial charge on any atom is -0.493 e. The molecule has 0 fully saturated rings. The number of nitrogens with one attached hydrogen (secondary N) is 2. The van der Waals surface area contributed by atoms with E-state index in [1.54, 1.807) is 18.2 Å². The number of alkyl halides is 3. The van der Waals surface area contributed by atoms with E-state index in [-0.39, 0.29) is 23.3 Å². The van der Waals surface area contributed by atoms with E-state index >= 15 is 0 Å². The molecule has 2 N–H and O–H groups in total. The number of methoxy groups -OCH3 is 2. The lowest BCUT2D eigenvalue weighted by Crippen LogP contribution is -2.34. The smallest absolute Gasteiger partial charge is 0.449 e. The molecule has 3 aromatic rings. The lowest BCUT2D eigenvalue weighted by Gasteiger charge is -2.10. The normalized spacial score (nSPS) is 11.3. The molecular weight excluding hydrogens is 417 g/mol. The maximum atomic E-state index is 13.0. The number of anilines is 1. The second-order valence-electron chi connectivity index (χ2n) is 6.52. The number of imidazole rings is 1. The van der Waals surface area contributed by atoms with Crippen molar-refractivity contribution in [3.8, 4) is 11.5 Å². The number of carbonyl (C=O) groups excluding carboxylic acids is 2. The fraction of sp³-hybridized carbons (Fsp3) is 0.250. The number of rotatable bonds is 5. The van der Waals surface area contributed by atoms with E-state index in [9.17, 15) is 22.8 Å². The highest BCUT2D eigenvalue weighted by atomic mass is 19.4. The Balaban J connectivity index is 1.67. The summed E-state index contributed by atoms with van der Waals surface area (Å²) in [6.07, 6.45) is -4.61. The third-order valence-electron chi connectivity index (χ3n) is 4.50. The van der Waals surface area contributed by atoms with Crippen LogP contribution < -0.4 is 20.1 Å². The minimum absolute atomic E-state index is 0.0401. The molecule has 0 spiro atoms. The van der Waals surface area contributed by atoms with Gasteiger partial charge in [0.25, 0.3) is 0 Å². The van der Waals surface area contributed by atoms with Gasteiger partial charge in [0.15, 0.2) is 11.5 Å². The first-order chi connectivity index (χ1) is 14.6. The molecular formula is C20H19F3N4O4. The number of fused-ring (bicyclic) bond motifs is 1. The summed E-state index contributed by atoms with van der Waals surface area (Å²) in [6.45, 7) is 0.0564. The molecule has 0 atom stereocenters. The van der Waals surface area contributed by atoms with Crippen molar-refractivity contribution in [2.24, 2.45) is 7.05 Å². The second-order valence-corrected chi connectivity index (χ2v) is 6.52. The van der Waals surface area contributed by atoms with Crippen LogP contribution in [0.5, 0.6) is 11.5 Å². The van der Waals surface area contributed by atoms with Gasteiger partial charge in [0.05, 0.1) is 25.3 Å². The predicted molar refractivity (Wildman–Crippen MR) is 106 cm³/mol. The number of halogens is 3. The summed E-state index contributed by atoms with van der Waals surface area (Å²) in [7, 11) is 4.22. The molecule has 1 aromatic heterocycles. The molecule has 0 radical (unpaired) electrons. The quantitative estimate of drug-likeness (QED) is 0.600. The molecule has 0 saturated carbocycles. The second kappa shape index (κ2) is 8.54. The van der Waals surface area contributed by atoms with Gasteiger partial charge in [0.2, 0.25) is 5.82 Å². The van der Waals surface area contributed by atoms with Crippen LogP contribution in [-0.4, -0.2) is 35.6 Å². The summed E-state index contributed by atoms with van der Waals surface area (Å²) in [6, 6.07) is 9.07. The van der Waals surface area contributed by atoms with Crippen LogP contribution in [-0.2, 0) is 29.4 Å². The van der Waals surface area contributed by atoms with Gasteiger partial charge in [-0.25, -0.2) is 4.98 Å². The summed E-state index contributed by atoms with van der Waals surface area (Å²) < 4.78 is 50.2. The van der Waals surface area contributed by atoms with Crippen LogP contribution in [0.15, 0.2) is 36.4 Å². The van der Waals surface area contributed by atoms with Crippen LogP contribution in [0.2, 0.25) is 0 Å². The number of hydrogen-bond acceptors (Lipinski definition) is 5. The lowest BCUT2D eigenvalue weighted by molar-refractivity contribution is -0.146. The first-order valence-electron chi connectivity index (χ1n) is 8.97. The Hall–Kier alpha value is -3.76. The van der Waals surface area contributed by atoms with Crippen molar-refractivity contribution in [1.82, 2.24) is 14.9 Å². The molecule has 2 amide bonds. The van der Waals surface area contributed by atoms with E-state index in [1.165, 1.54) is 39.5 Å². The number of hydrogen-bond donors (Lipinski definition) is 2. The van der Waals surface area contributed by atoms with E-state index in [0.717, 1.165) is 4.57 Å². The third-order valence-corrected chi connectivity index (χ3v) is 4.50. The molecule has 0 saturated heterocycles. The lowest BCUT2D eigenvalue weighted by atomic mass is 10.2. The number of amides is 2. The van der Waals surface area contributed by atoms with Crippen molar-refractivity contribution in [2.75, 3.05) is 19.5 Å². The zero-order valence-electron chi connectivity index (χ0n) is 16.8. The molecule has 8 nitrogen and oxygen atoms in total. The van der Waals surface area contributed by atoms with E-state index in [1.807, 2.05) is 0 Å². The number of aryl methyl sites for hydroxylation is 1. The molecule has 0 unspecified atom stereocenters. The van der Waals surface area contributed by atoms with Crippen LogP contribution in [0.4, 0.5) is 18.9 Å². The molecule has 164 valence electrons. The van der Waals surface area contributed by atoms with Gasteiger partial charge >= 0.3 is 18.0 Å². The third kappa shape index (κ3) is 4.71. The summed E-state index contributed by atoms with van der Waals surface area (Å²) in [5.74, 6) is -1.94. The molecule has 0 aliphatic rings. The summed E-state index contributed by atoms with van der Waals surface area (Å²) >= 11 is 0. The van der Waals surface area contributed by atoms with Gasteiger partial charge < -0.3 is 24.7 Å². The Kier molecular flexibility index (Phi) is 6.04. The maximum Gasteiger partial charge on any atom is 0.449 e. The van der Waals surface area contributed by atoms with Crippen molar-refractivity contribution >= 4 is 28.5 Å². The molecule has 0 aliphatic heterocycles. The van der Waals surface area contributed by atoms with Crippen LogP contribution >= 0.6 is 0 Å². The average molecular weight is 436 g/mol. The first kappa shape index (κ1) is 21.9. The number of aromatic nitrogens is 2. The van der Waals surface area contributed by atoms with Gasteiger partial charge in [0, 0.05) is 19.3 Å². The average Bonchev–Trinajstić information content (AvgIpc) is 3.07. The van der Waals surface area contributed by atoms with Crippen molar-refractivity contribution in [1.29, 1.82) is 0 Å². The van der Waals surface area contributed by atoms with Gasteiger partial charge in [-0.1, -0.05) is 6.07 Å². The molecule has 11 heteroatoms. The standard InChI is InChI=1S/C20H19F3N4O4/c1-27-14-6-5-12(9-13(14)26-19(27)20(21,22)23)25-18(29)17(28)24-10-11-4-7-15(30-2)16(8-11)31-3/h4-9H,10H2,1-3H3,(H,24,28)(H,25,29). The molecule has 2 aromatic carbocycles. The first-order valence-corrected chi connectivity index (χ1v) is 8.97. The highest BCUT2D eigenvalue weighted by Gasteiger charge is 2.36. The van der Waals surface area contributed by atoms with Crippen molar-refractivity contribution in [2.45, 2.75) is 12.7 Å². The van der Waals surface area contributed by atoms with E-state index < -0.39 is 23.8 Å². The summed E-state index contributed by atoms with van der Waals surface area (Å²) in [5, 5.41) is 4.81. The van der Waals surface area contributed by atoms with E-state index in [2.05, 4.69) is 15.6 Å². The monoisotopic (exact) mass is 436 g/mol. The van der Waals surface area contributed by atoms with Crippen LogP contribution in [0.3, 0.4) is 0 Å². The number of nitrogens with zero attached hydrogens (tertiary/aromatic N) is 2. The zero-order valence-corrected chi connectivity index (χ0v) is 16.8. The topological polar surface area (TPSA) is 94.5 Å². The molecule has 0 bridgehead atoms. The summed E-state index contributed by atoms with van der Waals surface area (Å²) in [4.78, 5) is 27.8. The number of ether oxygens (including phenoxy) is 2. The molecule has 3 rings (SSSR count). The molecule has 1 heterocycles. The minimum atomic E-state index is -4.61. The highest BCUT2D eigenvalue weighted by molar-refractivity contribution is 6.39. The van der Waals surface area contributed by atoms with Crippen molar-refractivity contribution in [3.05, 3.63) is 47.8 Å². The Morgan fingerprint density at radius 1 is 1.03 bits per heavy atom. The number of benzene rings is 2. The van der Waals surface area contributed by atoms with E-state index in [0.29, 0.717) is 17.1 Å². The van der Waals surface area contributed by atoms with Gasteiger partial charge in [-0.05, 0) is 35.9 Å².